The average molecular weight is 411 g/mol. The first-order chi connectivity index (χ1) is 13.5. The Morgan fingerprint density at radius 2 is 1.93 bits per heavy atom. The number of nitrogens with one attached hydrogen (secondary N) is 1. The Balaban J connectivity index is 2.28. The number of fused-ring (bicyclic) bond motifs is 1. The number of methoxy groups -OCH3 is 2. The van der Waals surface area contributed by atoms with E-state index in [0.29, 0.717) is 13.0 Å². The standard InChI is InChI=1S/C21H34N2O6/c1-9-14-11-23(17-16(14)28-12-21(17,26-7)27-8)18(24)15(10-13(2)3)22-19(25)29-20(4,5)6/h1,13-17H,10-12H2,2-8H3,(H,22,25)/t14?,15-,16+,17-/m0/s1. The summed E-state index contributed by atoms with van der Waals surface area (Å²) in [7, 11) is 3.04. The van der Waals surface area contributed by atoms with Crippen molar-refractivity contribution in [3.05, 3.63) is 0 Å². The van der Waals surface area contributed by atoms with Crippen LogP contribution in [0, 0.1) is 24.2 Å². The second-order valence-electron chi connectivity index (χ2n) is 9.03. The zero-order valence-electron chi connectivity index (χ0n) is 18.5. The highest BCUT2D eigenvalue weighted by atomic mass is 16.7. The maximum Gasteiger partial charge on any atom is 0.408 e. The van der Waals surface area contributed by atoms with Gasteiger partial charge in [0.2, 0.25) is 11.7 Å². The molecule has 2 amide bonds. The normalized spacial score (nSPS) is 26.7. The van der Waals surface area contributed by atoms with E-state index >= 15 is 0 Å². The van der Waals surface area contributed by atoms with Gasteiger partial charge in [-0.25, -0.2) is 4.79 Å². The molecule has 2 heterocycles. The Morgan fingerprint density at radius 3 is 2.41 bits per heavy atom. The van der Waals surface area contributed by atoms with Crippen LogP contribution in [0.25, 0.3) is 0 Å². The number of terminal acetylenes is 1. The van der Waals surface area contributed by atoms with Crippen LogP contribution in [-0.4, -0.2) is 73.8 Å². The fourth-order valence-electron chi connectivity index (χ4n) is 3.98. The molecular formula is C21H34N2O6. The molecule has 1 unspecified atom stereocenters. The molecule has 8 heteroatoms. The Morgan fingerprint density at radius 1 is 1.31 bits per heavy atom. The number of ether oxygens (including phenoxy) is 4. The van der Waals surface area contributed by atoms with Gasteiger partial charge < -0.3 is 29.2 Å². The maximum atomic E-state index is 13.5. The van der Waals surface area contributed by atoms with E-state index in [1.54, 1.807) is 25.7 Å². The lowest BCUT2D eigenvalue weighted by molar-refractivity contribution is -0.227. The first-order valence-corrected chi connectivity index (χ1v) is 9.96. The largest absolute Gasteiger partial charge is 0.444 e. The fourth-order valence-corrected chi connectivity index (χ4v) is 3.98. The van der Waals surface area contributed by atoms with Gasteiger partial charge in [-0.1, -0.05) is 19.8 Å². The van der Waals surface area contributed by atoms with Crippen molar-refractivity contribution >= 4 is 12.0 Å². The third kappa shape index (κ3) is 5.03. The van der Waals surface area contributed by atoms with Crippen LogP contribution in [0.2, 0.25) is 0 Å². The molecule has 2 fully saturated rings. The molecular weight excluding hydrogens is 376 g/mol. The van der Waals surface area contributed by atoms with Gasteiger partial charge in [0, 0.05) is 20.8 Å². The van der Waals surface area contributed by atoms with E-state index in [2.05, 4.69) is 11.2 Å². The van der Waals surface area contributed by atoms with Crippen molar-refractivity contribution in [1.82, 2.24) is 10.2 Å². The molecule has 2 rings (SSSR count). The summed E-state index contributed by atoms with van der Waals surface area (Å²) < 4.78 is 22.5. The topological polar surface area (TPSA) is 86.3 Å². The first-order valence-electron chi connectivity index (χ1n) is 9.96. The molecule has 0 aliphatic carbocycles. The lowest BCUT2D eigenvalue weighted by atomic mass is 9.98. The van der Waals surface area contributed by atoms with Crippen LogP contribution < -0.4 is 5.32 Å². The molecule has 0 radical (unpaired) electrons. The van der Waals surface area contributed by atoms with Gasteiger partial charge in [-0.05, 0) is 33.1 Å². The molecule has 164 valence electrons. The third-order valence-electron chi connectivity index (χ3n) is 5.25. The van der Waals surface area contributed by atoms with E-state index in [1.165, 1.54) is 14.2 Å². The van der Waals surface area contributed by atoms with Crippen LogP contribution in [0.5, 0.6) is 0 Å². The van der Waals surface area contributed by atoms with E-state index in [-0.39, 0.29) is 30.5 Å². The molecule has 8 nitrogen and oxygen atoms in total. The predicted molar refractivity (Wildman–Crippen MR) is 107 cm³/mol. The molecule has 29 heavy (non-hydrogen) atoms. The summed E-state index contributed by atoms with van der Waals surface area (Å²) in [5, 5.41) is 2.73. The summed E-state index contributed by atoms with van der Waals surface area (Å²) in [5.74, 6) is 1.27. The Kier molecular flexibility index (Phi) is 7.20. The molecule has 0 saturated carbocycles. The zero-order valence-corrected chi connectivity index (χ0v) is 18.5. The van der Waals surface area contributed by atoms with E-state index < -0.39 is 29.6 Å². The zero-order chi connectivity index (χ0) is 22.0. The van der Waals surface area contributed by atoms with Gasteiger partial charge in [0.05, 0.1) is 12.0 Å². The van der Waals surface area contributed by atoms with Gasteiger partial charge in [-0.3, -0.25) is 4.79 Å². The quantitative estimate of drug-likeness (QED) is 0.531. The van der Waals surface area contributed by atoms with E-state index in [1.807, 2.05) is 13.8 Å². The van der Waals surface area contributed by atoms with Crippen molar-refractivity contribution in [2.24, 2.45) is 11.8 Å². The molecule has 2 aliphatic heterocycles. The number of nitrogens with zero attached hydrogens (tertiary/aromatic N) is 1. The predicted octanol–water partition coefficient (Wildman–Crippen LogP) is 1.77. The van der Waals surface area contributed by atoms with Crippen molar-refractivity contribution in [3.8, 4) is 12.3 Å². The van der Waals surface area contributed by atoms with E-state index in [9.17, 15) is 9.59 Å². The van der Waals surface area contributed by atoms with Crippen molar-refractivity contribution in [3.63, 3.8) is 0 Å². The number of hydrogen-bond donors (Lipinski definition) is 1. The number of carbonyl (C=O) groups is 2. The second-order valence-corrected chi connectivity index (χ2v) is 9.03. The summed E-state index contributed by atoms with van der Waals surface area (Å²) in [6, 6.07) is -1.25. The summed E-state index contributed by atoms with van der Waals surface area (Å²) in [6.07, 6.45) is 5.13. The smallest absolute Gasteiger partial charge is 0.408 e. The highest BCUT2D eigenvalue weighted by Crippen LogP contribution is 2.41. The molecule has 1 N–H and O–H groups in total. The van der Waals surface area contributed by atoms with E-state index in [0.717, 1.165) is 0 Å². The minimum Gasteiger partial charge on any atom is -0.444 e. The van der Waals surface area contributed by atoms with Crippen LogP contribution in [0.15, 0.2) is 0 Å². The SMILES string of the molecule is C#CC1CN(C(=O)[C@H](CC(C)C)NC(=O)OC(C)(C)C)[C@H]2[C@@H]1OCC2(OC)OC. The Bertz CT molecular complexity index is 647. The molecule has 2 aliphatic rings. The van der Waals surface area contributed by atoms with Gasteiger partial charge in [0.25, 0.3) is 0 Å². The lowest BCUT2D eigenvalue weighted by Crippen LogP contribution is -2.59. The molecule has 0 spiro atoms. The molecule has 0 aromatic carbocycles. The van der Waals surface area contributed by atoms with Crippen LogP contribution >= 0.6 is 0 Å². The Labute approximate surface area is 173 Å². The summed E-state index contributed by atoms with van der Waals surface area (Å²) >= 11 is 0. The molecule has 0 aromatic rings. The summed E-state index contributed by atoms with van der Waals surface area (Å²) in [6.45, 7) is 9.78. The van der Waals surface area contributed by atoms with Gasteiger partial charge in [0.1, 0.15) is 24.3 Å². The molecule has 2 saturated heterocycles. The lowest BCUT2D eigenvalue weighted by Gasteiger charge is -2.37. The number of carbonyl (C=O) groups excluding carboxylic acids is 2. The van der Waals surface area contributed by atoms with Gasteiger partial charge in [0.15, 0.2) is 0 Å². The number of alkyl carbamates (subject to hydrolysis) is 1. The van der Waals surface area contributed by atoms with Crippen molar-refractivity contribution < 1.29 is 28.5 Å². The summed E-state index contributed by atoms with van der Waals surface area (Å²) in [4.78, 5) is 27.5. The minimum atomic E-state index is -1.10. The van der Waals surface area contributed by atoms with Gasteiger partial charge >= 0.3 is 6.09 Å². The highest BCUT2D eigenvalue weighted by Gasteiger charge is 2.61. The van der Waals surface area contributed by atoms with Crippen molar-refractivity contribution in [2.45, 2.75) is 70.6 Å². The van der Waals surface area contributed by atoms with Crippen LogP contribution in [0.3, 0.4) is 0 Å². The van der Waals surface area contributed by atoms with Crippen LogP contribution in [-0.2, 0) is 23.7 Å². The first kappa shape index (κ1) is 23.5. The third-order valence-corrected chi connectivity index (χ3v) is 5.25. The van der Waals surface area contributed by atoms with Crippen LogP contribution in [0.1, 0.15) is 41.0 Å². The number of likely N-dealkylation sites (tertiary alicyclic amines) is 1. The average Bonchev–Trinajstić information content (AvgIpc) is 3.17. The highest BCUT2D eigenvalue weighted by molar-refractivity contribution is 5.86. The minimum absolute atomic E-state index is 0.172. The van der Waals surface area contributed by atoms with Crippen LogP contribution in [0.4, 0.5) is 4.79 Å². The molecule has 0 aromatic heterocycles. The van der Waals surface area contributed by atoms with Gasteiger partial charge in [-0.15, -0.1) is 6.42 Å². The number of amides is 2. The monoisotopic (exact) mass is 410 g/mol. The van der Waals surface area contributed by atoms with Crippen molar-refractivity contribution in [2.75, 3.05) is 27.4 Å². The van der Waals surface area contributed by atoms with Gasteiger partial charge in [-0.2, -0.15) is 0 Å². The molecule has 0 bridgehead atoms. The Hall–Kier alpha value is -1.82. The summed E-state index contributed by atoms with van der Waals surface area (Å²) in [5.41, 5.74) is -0.663. The fraction of sp³-hybridized carbons (Fsp3) is 0.810. The molecule has 4 atom stereocenters. The number of hydrogen-bond acceptors (Lipinski definition) is 6. The second kappa shape index (κ2) is 8.90. The maximum absolute atomic E-state index is 13.5. The number of rotatable bonds is 6. The van der Waals surface area contributed by atoms with E-state index in [4.69, 9.17) is 25.4 Å². The van der Waals surface area contributed by atoms with Crippen molar-refractivity contribution in [1.29, 1.82) is 0 Å².